The van der Waals surface area contributed by atoms with Crippen LogP contribution in [0, 0.1) is 0 Å². The van der Waals surface area contributed by atoms with E-state index in [1.807, 2.05) is 0 Å². The van der Waals surface area contributed by atoms with E-state index in [0.717, 1.165) is 0 Å². The molecule has 0 aliphatic carbocycles. The molecule has 3 rings (SSSR count). The Bertz CT molecular complexity index is 753. The van der Waals surface area contributed by atoms with Crippen LogP contribution in [-0.4, -0.2) is 28.2 Å². The van der Waals surface area contributed by atoms with Crippen LogP contribution < -0.4 is 9.47 Å². The molecule has 0 fully saturated rings. The third kappa shape index (κ3) is 2.28. The molecule has 1 heterocycles. The number of ketones is 1. The number of aromatic hydroxyl groups is 3. The van der Waals surface area contributed by atoms with Gasteiger partial charge in [0.25, 0.3) is 0 Å². The SMILES string of the molecule is COc1cc(O)c2c(c1)OC(c1ccc(O)c(O)c1)C(=O)C2. The summed E-state index contributed by atoms with van der Waals surface area (Å²) in [5.74, 6) is -0.139. The molecule has 0 aromatic heterocycles. The highest BCUT2D eigenvalue weighted by molar-refractivity contribution is 5.89. The number of phenolic OH excluding ortho intramolecular Hbond substituents is 3. The van der Waals surface area contributed by atoms with Gasteiger partial charge in [-0.1, -0.05) is 6.07 Å². The van der Waals surface area contributed by atoms with Gasteiger partial charge in [0.2, 0.25) is 0 Å². The Balaban J connectivity index is 2.01. The second-order valence-electron chi connectivity index (χ2n) is 5.01. The molecule has 2 aromatic rings. The molecule has 22 heavy (non-hydrogen) atoms. The van der Waals surface area contributed by atoms with Gasteiger partial charge in [0.15, 0.2) is 23.4 Å². The highest BCUT2D eigenvalue weighted by atomic mass is 16.5. The molecule has 1 atom stereocenters. The summed E-state index contributed by atoms with van der Waals surface area (Å²) in [5, 5.41) is 28.8. The number of fused-ring (bicyclic) bond motifs is 1. The standard InChI is InChI=1S/C16H14O6/c1-21-9-5-12(18)10-7-14(20)16(22-15(10)6-9)8-2-3-11(17)13(19)4-8/h2-6,16-19H,7H2,1H3. The van der Waals surface area contributed by atoms with Crippen LogP contribution in [0.4, 0.5) is 0 Å². The van der Waals surface area contributed by atoms with Crippen LogP contribution in [-0.2, 0) is 11.2 Å². The van der Waals surface area contributed by atoms with Gasteiger partial charge in [-0.15, -0.1) is 0 Å². The molecule has 1 unspecified atom stereocenters. The average Bonchev–Trinajstić information content (AvgIpc) is 2.50. The molecular weight excluding hydrogens is 288 g/mol. The zero-order valence-corrected chi connectivity index (χ0v) is 11.7. The molecule has 0 saturated carbocycles. The first-order valence-electron chi connectivity index (χ1n) is 6.60. The molecule has 6 nitrogen and oxygen atoms in total. The number of carbonyl (C=O) groups excluding carboxylic acids is 1. The molecule has 0 radical (unpaired) electrons. The first-order chi connectivity index (χ1) is 10.5. The van der Waals surface area contributed by atoms with Crippen molar-refractivity contribution in [1.82, 2.24) is 0 Å². The Morgan fingerprint density at radius 2 is 1.86 bits per heavy atom. The lowest BCUT2D eigenvalue weighted by Gasteiger charge is -2.26. The second kappa shape index (κ2) is 5.14. The number of phenols is 3. The molecule has 0 spiro atoms. The third-order valence-corrected chi connectivity index (χ3v) is 3.59. The molecule has 0 saturated heterocycles. The monoisotopic (exact) mass is 302 g/mol. The van der Waals surface area contributed by atoms with E-state index in [1.165, 1.54) is 31.4 Å². The fourth-order valence-electron chi connectivity index (χ4n) is 2.42. The van der Waals surface area contributed by atoms with Crippen molar-refractivity contribution in [2.75, 3.05) is 7.11 Å². The minimum absolute atomic E-state index is 0.0114. The van der Waals surface area contributed by atoms with Gasteiger partial charge in [0.05, 0.1) is 7.11 Å². The van der Waals surface area contributed by atoms with Crippen molar-refractivity contribution in [2.45, 2.75) is 12.5 Å². The lowest BCUT2D eigenvalue weighted by atomic mass is 9.95. The number of Topliss-reactive ketones (excluding diaryl/α,β-unsaturated/α-hetero) is 1. The Labute approximate surface area is 126 Å². The number of rotatable bonds is 2. The van der Waals surface area contributed by atoms with Gasteiger partial charge in [-0.2, -0.15) is 0 Å². The van der Waals surface area contributed by atoms with Crippen molar-refractivity contribution < 1.29 is 29.6 Å². The van der Waals surface area contributed by atoms with Crippen LogP contribution in [0.2, 0.25) is 0 Å². The fourth-order valence-corrected chi connectivity index (χ4v) is 2.42. The summed E-state index contributed by atoms with van der Waals surface area (Å²) in [7, 11) is 1.46. The summed E-state index contributed by atoms with van der Waals surface area (Å²) in [4.78, 5) is 12.2. The number of methoxy groups -OCH3 is 1. The maximum atomic E-state index is 12.2. The van der Waals surface area contributed by atoms with Crippen LogP contribution in [0.3, 0.4) is 0 Å². The van der Waals surface area contributed by atoms with Crippen molar-refractivity contribution in [3.8, 4) is 28.7 Å². The van der Waals surface area contributed by atoms with Crippen molar-refractivity contribution in [3.63, 3.8) is 0 Å². The van der Waals surface area contributed by atoms with Crippen LogP contribution in [0.5, 0.6) is 28.7 Å². The van der Waals surface area contributed by atoms with Crippen molar-refractivity contribution in [3.05, 3.63) is 41.5 Å². The topological polar surface area (TPSA) is 96.2 Å². The Morgan fingerprint density at radius 1 is 1.09 bits per heavy atom. The molecule has 0 amide bonds. The van der Waals surface area contributed by atoms with E-state index in [0.29, 0.717) is 22.6 Å². The zero-order valence-electron chi connectivity index (χ0n) is 11.7. The first kappa shape index (κ1) is 14.1. The van der Waals surface area contributed by atoms with Gasteiger partial charge in [-0.3, -0.25) is 4.79 Å². The smallest absolute Gasteiger partial charge is 0.182 e. The number of hydrogen-bond acceptors (Lipinski definition) is 6. The van der Waals surface area contributed by atoms with Gasteiger partial charge in [0, 0.05) is 29.7 Å². The first-order valence-corrected chi connectivity index (χ1v) is 6.60. The van der Waals surface area contributed by atoms with Crippen LogP contribution in [0.15, 0.2) is 30.3 Å². The van der Waals surface area contributed by atoms with E-state index >= 15 is 0 Å². The van der Waals surface area contributed by atoms with Crippen LogP contribution in [0.25, 0.3) is 0 Å². The van der Waals surface area contributed by atoms with E-state index < -0.39 is 6.10 Å². The van der Waals surface area contributed by atoms with E-state index in [1.54, 1.807) is 6.07 Å². The Morgan fingerprint density at radius 3 is 2.55 bits per heavy atom. The Kier molecular flexibility index (Phi) is 3.29. The predicted octanol–water partition coefficient (Wildman–Crippen LogP) is 2.06. The molecule has 114 valence electrons. The minimum atomic E-state index is -0.912. The van der Waals surface area contributed by atoms with Crippen molar-refractivity contribution >= 4 is 5.78 Å². The van der Waals surface area contributed by atoms with Gasteiger partial charge in [-0.25, -0.2) is 0 Å². The molecule has 3 N–H and O–H groups in total. The second-order valence-corrected chi connectivity index (χ2v) is 5.01. The van der Waals surface area contributed by atoms with Gasteiger partial charge < -0.3 is 24.8 Å². The van der Waals surface area contributed by atoms with Crippen molar-refractivity contribution in [1.29, 1.82) is 0 Å². The highest BCUT2D eigenvalue weighted by Crippen LogP contribution is 2.41. The zero-order chi connectivity index (χ0) is 15.9. The minimum Gasteiger partial charge on any atom is -0.507 e. The summed E-state index contributed by atoms with van der Waals surface area (Å²) in [5.41, 5.74) is 0.832. The van der Waals surface area contributed by atoms with E-state index in [9.17, 15) is 20.1 Å². The average molecular weight is 302 g/mol. The number of ether oxygens (including phenoxy) is 2. The lowest BCUT2D eigenvalue weighted by molar-refractivity contribution is -0.126. The molecular formula is C16H14O6. The summed E-state index contributed by atoms with van der Waals surface area (Å²) in [6.45, 7) is 0. The predicted molar refractivity (Wildman–Crippen MR) is 76.5 cm³/mol. The molecule has 2 aromatic carbocycles. The number of hydrogen-bond donors (Lipinski definition) is 3. The van der Waals surface area contributed by atoms with Gasteiger partial charge >= 0.3 is 0 Å². The number of benzene rings is 2. The molecule has 1 aliphatic heterocycles. The third-order valence-electron chi connectivity index (χ3n) is 3.59. The summed E-state index contributed by atoms with van der Waals surface area (Å²) in [6, 6.07) is 7.09. The Hall–Kier alpha value is -2.89. The maximum Gasteiger partial charge on any atom is 0.182 e. The number of carbonyl (C=O) groups is 1. The molecule has 6 heteroatoms. The van der Waals surface area contributed by atoms with Crippen molar-refractivity contribution in [2.24, 2.45) is 0 Å². The van der Waals surface area contributed by atoms with Crippen LogP contribution >= 0.6 is 0 Å². The quantitative estimate of drug-likeness (QED) is 0.735. The fraction of sp³-hybridized carbons (Fsp3) is 0.188. The highest BCUT2D eigenvalue weighted by Gasteiger charge is 2.32. The molecule has 0 bridgehead atoms. The molecule has 1 aliphatic rings. The van der Waals surface area contributed by atoms with Gasteiger partial charge in [0.1, 0.15) is 17.2 Å². The van der Waals surface area contributed by atoms with E-state index in [-0.39, 0.29) is 29.5 Å². The summed E-state index contributed by atoms with van der Waals surface area (Å²) < 4.78 is 10.7. The normalized spacial score (nSPS) is 16.8. The lowest BCUT2D eigenvalue weighted by Crippen LogP contribution is -2.25. The summed E-state index contributed by atoms with van der Waals surface area (Å²) in [6.07, 6.45) is -0.900. The summed E-state index contributed by atoms with van der Waals surface area (Å²) >= 11 is 0. The van der Waals surface area contributed by atoms with Crippen LogP contribution in [0.1, 0.15) is 17.2 Å². The maximum absolute atomic E-state index is 12.2. The largest absolute Gasteiger partial charge is 0.507 e. The van der Waals surface area contributed by atoms with E-state index in [2.05, 4.69) is 0 Å². The van der Waals surface area contributed by atoms with E-state index in [4.69, 9.17) is 9.47 Å². The van der Waals surface area contributed by atoms with Gasteiger partial charge in [-0.05, 0) is 12.1 Å².